The number of phosphoric acid groups is 1. The molecule has 0 heterocycles. The van der Waals surface area contributed by atoms with E-state index in [0.717, 1.165) is 38.5 Å². The number of rotatable bonds is 45. The van der Waals surface area contributed by atoms with Crippen LogP contribution >= 0.6 is 7.82 Å². The molecule has 0 saturated carbocycles. The zero-order valence-corrected chi connectivity index (χ0v) is 41.8. The van der Waals surface area contributed by atoms with Crippen LogP contribution in [0.3, 0.4) is 0 Å². The lowest BCUT2D eigenvalue weighted by atomic mass is 10.1. The number of unbranched alkanes of at least 4 members (excludes halogenated alkanes) is 21. The molecule has 0 spiro atoms. The molecule has 3 atom stereocenters. The summed E-state index contributed by atoms with van der Waals surface area (Å²) in [5.74, 6) is 0. The van der Waals surface area contributed by atoms with Crippen LogP contribution in [0.1, 0.15) is 194 Å². The summed E-state index contributed by atoms with van der Waals surface area (Å²) < 4.78 is 33.8. The first-order chi connectivity index (χ1) is 28.0. The average Bonchev–Trinajstić information content (AvgIpc) is 3.14. The van der Waals surface area contributed by atoms with Gasteiger partial charge in [-0.05, 0) is 19.3 Å². The summed E-state index contributed by atoms with van der Waals surface area (Å²) in [6.07, 6.45) is 31.2. The molecule has 0 aromatic carbocycles. The molecule has 0 amide bonds. The normalized spacial score (nSPS) is 15.4. The van der Waals surface area contributed by atoms with Gasteiger partial charge < -0.3 is 28.8 Å². The first-order valence-corrected chi connectivity index (χ1v) is 26.5. The minimum Gasteiger partial charge on any atom is -0.387 e. The molecule has 3 unspecified atom stereocenters. The van der Waals surface area contributed by atoms with Crippen molar-refractivity contribution in [2.24, 2.45) is 0 Å². The molecule has 0 fully saturated rings. The molecule has 0 rings (SSSR count). The molecule has 0 radical (unpaired) electrons. The maximum Gasteiger partial charge on any atom is 0.475 e. The van der Waals surface area contributed by atoms with Crippen molar-refractivity contribution in [3.63, 3.8) is 0 Å². The van der Waals surface area contributed by atoms with Gasteiger partial charge in [0, 0.05) is 0 Å². The van der Waals surface area contributed by atoms with Crippen molar-refractivity contribution >= 4 is 7.82 Å². The van der Waals surface area contributed by atoms with E-state index in [1.54, 1.807) is 0 Å². The third kappa shape index (κ3) is 38.1. The van der Waals surface area contributed by atoms with Crippen LogP contribution in [-0.4, -0.2) is 148 Å². The summed E-state index contributed by atoms with van der Waals surface area (Å²) in [6.45, 7) is 10.8. The van der Waals surface area contributed by atoms with E-state index >= 15 is 0 Å². The predicted octanol–water partition coefficient (Wildman–Crippen LogP) is 11.0. The minimum atomic E-state index is -3.91. The smallest absolute Gasteiger partial charge is 0.387 e. The second-order valence-electron chi connectivity index (χ2n) is 20.2. The molecule has 0 aliphatic heterocycles. The van der Waals surface area contributed by atoms with E-state index in [1.165, 1.54) is 135 Å². The van der Waals surface area contributed by atoms with E-state index in [0.29, 0.717) is 52.7 Å². The average molecular weight is 867 g/mol. The first kappa shape index (κ1) is 58.9. The van der Waals surface area contributed by atoms with E-state index in [1.807, 2.05) is 0 Å². The van der Waals surface area contributed by atoms with Crippen LogP contribution in [0.5, 0.6) is 0 Å². The van der Waals surface area contributed by atoms with Gasteiger partial charge in [0.1, 0.15) is 77.4 Å². The Bertz CT molecular complexity index is 867. The fraction of sp³-hybridized carbons (Fsp3) is 1.00. The van der Waals surface area contributed by atoms with E-state index in [9.17, 15) is 19.9 Å². The Morgan fingerprint density at radius 1 is 0.373 bits per heavy atom. The van der Waals surface area contributed by atoms with Crippen molar-refractivity contribution in [3.8, 4) is 0 Å². The second-order valence-corrected chi connectivity index (χ2v) is 21.9. The van der Waals surface area contributed by atoms with Gasteiger partial charge in [-0.1, -0.05) is 175 Å². The Hall–Kier alpha value is -0.130. The van der Waals surface area contributed by atoms with Gasteiger partial charge in [-0.15, -0.1) is 0 Å². The number of likely N-dealkylation sites (N-methyl/N-ethyl adjacent to an activating group) is 3. The van der Waals surface area contributed by atoms with Gasteiger partial charge in [0.2, 0.25) is 0 Å². The molecule has 0 aliphatic rings. The highest BCUT2D eigenvalue weighted by Crippen LogP contribution is 2.49. The molecule has 3 N–H and O–H groups in total. The van der Waals surface area contributed by atoms with Crippen molar-refractivity contribution in [3.05, 3.63) is 0 Å². The van der Waals surface area contributed by atoms with Gasteiger partial charge in [-0.3, -0.25) is 13.6 Å². The van der Waals surface area contributed by atoms with Gasteiger partial charge in [0.05, 0.1) is 42.3 Å². The monoisotopic (exact) mass is 867 g/mol. The zero-order valence-electron chi connectivity index (χ0n) is 41.0. The summed E-state index contributed by atoms with van der Waals surface area (Å²) in [5, 5.41) is 32.5. The second kappa shape index (κ2) is 36.2. The Morgan fingerprint density at radius 2 is 0.576 bits per heavy atom. The molecule has 10 nitrogen and oxygen atoms in total. The molecule has 0 bridgehead atoms. The maximum atomic E-state index is 14.2. The number of hydrogen-bond acceptors (Lipinski definition) is 7. The molecular formula is C48H105N3O7P+3. The van der Waals surface area contributed by atoms with Crippen LogP contribution in [0.25, 0.3) is 0 Å². The minimum absolute atomic E-state index is 0.180. The highest BCUT2D eigenvalue weighted by Gasteiger charge is 2.32. The lowest BCUT2D eigenvalue weighted by molar-refractivity contribution is -0.894. The zero-order chi connectivity index (χ0) is 44.3. The van der Waals surface area contributed by atoms with Crippen LogP contribution in [0.2, 0.25) is 0 Å². The van der Waals surface area contributed by atoms with Crippen LogP contribution in [-0.2, 0) is 18.1 Å². The molecule has 356 valence electrons. The molecule has 11 heteroatoms. The van der Waals surface area contributed by atoms with Gasteiger partial charge in [0.15, 0.2) is 0 Å². The van der Waals surface area contributed by atoms with Crippen molar-refractivity contribution in [1.29, 1.82) is 0 Å². The van der Waals surface area contributed by atoms with Gasteiger partial charge in [-0.2, -0.15) is 0 Å². The quantitative estimate of drug-likeness (QED) is 0.0318. The third-order valence-corrected chi connectivity index (χ3v) is 13.6. The Morgan fingerprint density at radius 3 is 0.797 bits per heavy atom. The predicted molar refractivity (Wildman–Crippen MR) is 251 cm³/mol. The summed E-state index contributed by atoms with van der Waals surface area (Å²) in [6, 6.07) is 0. The standard InChI is InChI=1S/C48H105N3O7P/c1-10-13-16-19-22-25-28-31-34-46(52)43-49(4,5)37-40-56-59(55,57-41-38-50(6,7)44-47(53)35-32-29-26-23-20-17-14-11-2)58-42-39-51(8,9)45-48(54)36-33-30-27-24-21-18-15-12-3/h46-48,52-54H,10-45H2,1-9H3/q+3. The summed E-state index contributed by atoms with van der Waals surface area (Å²) in [4.78, 5) is 0. The number of hydrogen-bond donors (Lipinski definition) is 3. The molecule has 0 aromatic rings. The Balaban J connectivity index is 5.07. The number of quaternary nitrogens is 3. The van der Waals surface area contributed by atoms with E-state index < -0.39 is 7.82 Å². The topological polar surface area (TPSA) is 105 Å². The molecule has 0 saturated heterocycles. The number of nitrogens with zero attached hydrogens (tertiary/aromatic N) is 3. The van der Waals surface area contributed by atoms with Crippen molar-refractivity contribution < 1.29 is 46.9 Å². The molecule has 0 aliphatic carbocycles. The fourth-order valence-corrected chi connectivity index (χ4v) is 9.25. The van der Waals surface area contributed by atoms with Gasteiger partial charge in [-0.25, -0.2) is 4.57 Å². The molecular weight excluding hydrogens is 762 g/mol. The highest BCUT2D eigenvalue weighted by atomic mass is 31.2. The summed E-state index contributed by atoms with van der Waals surface area (Å²) in [5.41, 5.74) is 0. The Kier molecular flexibility index (Phi) is 36.2. The van der Waals surface area contributed by atoms with Crippen molar-refractivity contribution in [2.45, 2.75) is 212 Å². The van der Waals surface area contributed by atoms with E-state index in [2.05, 4.69) is 63.1 Å². The fourth-order valence-electron chi connectivity index (χ4n) is 8.11. The SMILES string of the molecule is CCCCCCCCCCC(O)C[N+](C)(C)CCOP(=O)(OCC[N+](C)(C)CC(O)CCCCCCCCCC)OCC[N+](C)(C)CC(O)CCCCCCCCCC. The van der Waals surface area contributed by atoms with Crippen LogP contribution < -0.4 is 0 Å². The van der Waals surface area contributed by atoms with Crippen LogP contribution in [0, 0.1) is 0 Å². The lowest BCUT2D eigenvalue weighted by Gasteiger charge is -2.34. The van der Waals surface area contributed by atoms with Gasteiger partial charge >= 0.3 is 7.82 Å². The molecule has 0 aromatic heterocycles. The lowest BCUT2D eigenvalue weighted by Crippen LogP contribution is -2.48. The van der Waals surface area contributed by atoms with Gasteiger partial charge in [0.25, 0.3) is 0 Å². The number of aliphatic hydroxyl groups is 3. The van der Waals surface area contributed by atoms with E-state index in [-0.39, 0.29) is 38.1 Å². The first-order valence-electron chi connectivity index (χ1n) is 25.0. The highest BCUT2D eigenvalue weighted by molar-refractivity contribution is 7.48. The van der Waals surface area contributed by atoms with Crippen molar-refractivity contribution in [2.75, 3.05) is 101 Å². The largest absolute Gasteiger partial charge is 0.475 e. The van der Waals surface area contributed by atoms with E-state index in [4.69, 9.17) is 13.6 Å². The third-order valence-electron chi connectivity index (χ3n) is 12.1. The van der Waals surface area contributed by atoms with Crippen LogP contribution in [0.4, 0.5) is 0 Å². The summed E-state index contributed by atoms with van der Waals surface area (Å²) >= 11 is 0. The number of aliphatic hydroxyl groups excluding tert-OH is 3. The van der Waals surface area contributed by atoms with Crippen LogP contribution in [0.15, 0.2) is 0 Å². The summed E-state index contributed by atoms with van der Waals surface area (Å²) in [7, 11) is 8.54. The molecule has 59 heavy (non-hydrogen) atoms. The number of phosphoric ester groups is 1. The van der Waals surface area contributed by atoms with Crippen molar-refractivity contribution in [1.82, 2.24) is 0 Å². The Labute approximate surface area is 367 Å². The maximum absolute atomic E-state index is 14.2.